The summed E-state index contributed by atoms with van der Waals surface area (Å²) < 4.78 is 30.6. The number of benzene rings is 2. The molecule has 2 aliphatic rings. The monoisotopic (exact) mass is 587 g/mol. The van der Waals surface area contributed by atoms with Crippen LogP contribution in [0.3, 0.4) is 0 Å². The predicted octanol–water partition coefficient (Wildman–Crippen LogP) is 6.53. The second kappa shape index (κ2) is 14.7. The van der Waals surface area contributed by atoms with E-state index in [2.05, 4.69) is 6.92 Å². The third-order valence-electron chi connectivity index (χ3n) is 7.48. The number of nitrogens with zero attached hydrogens (tertiary/aromatic N) is 1. The Hall–Kier alpha value is -3.10. The van der Waals surface area contributed by atoms with Gasteiger partial charge in [0.2, 0.25) is 6.29 Å². The highest BCUT2D eigenvalue weighted by atomic mass is 35.5. The van der Waals surface area contributed by atoms with E-state index in [4.69, 9.17) is 25.8 Å². The fourth-order valence-electron chi connectivity index (χ4n) is 5.36. The average Bonchev–Trinajstić information content (AvgIpc) is 2.94. The Kier molecular flexibility index (Phi) is 11.1. The van der Waals surface area contributed by atoms with Crippen LogP contribution in [0.15, 0.2) is 42.5 Å². The van der Waals surface area contributed by atoms with Crippen LogP contribution < -0.4 is 9.47 Å². The van der Waals surface area contributed by atoms with Crippen molar-refractivity contribution < 1.29 is 33.3 Å². The van der Waals surface area contributed by atoms with Crippen LogP contribution in [0.1, 0.15) is 76.3 Å². The second-order valence-corrected chi connectivity index (χ2v) is 11.2. The van der Waals surface area contributed by atoms with E-state index in [1.165, 1.54) is 31.1 Å². The zero-order chi connectivity index (χ0) is 29.4. The Balaban J connectivity index is 1.32. The van der Waals surface area contributed by atoms with Gasteiger partial charge in [-0.1, -0.05) is 44.2 Å². The maximum atomic E-state index is 13.6. The molecule has 0 bridgehead atoms. The van der Waals surface area contributed by atoms with Crippen LogP contribution in [-0.2, 0) is 14.3 Å². The summed E-state index contributed by atoms with van der Waals surface area (Å²) >= 11 is 6.27. The van der Waals surface area contributed by atoms with E-state index in [0.717, 1.165) is 32.1 Å². The number of unbranched alkanes of at least 4 members (excludes halogenated alkanes) is 4. The first kappa shape index (κ1) is 30.8. The van der Waals surface area contributed by atoms with Crippen LogP contribution in [0, 0.1) is 11.7 Å². The molecule has 2 aromatic rings. The van der Waals surface area contributed by atoms with Gasteiger partial charge in [-0.15, -0.1) is 0 Å². The average molecular weight is 588 g/mol. The number of rotatable bonds is 12. The molecule has 1 unspecified atom stereocenters. The van der Waals surface area contributed by atoms with Crippen molar-refractivity contribution in [1.29, 1.82) is 0 Å². The second-order valence-electron chi connectivity index (χ2n) is 10.8. The van der Waals surface area contributed by atoms with Gasteiger partial charge >= 0.3 is 5.97 Å². The summed E-state index contributed by atoms with van der Waals surface area (Å²) in [5.74, 6) is 0.0122. The molecule has 3 atom stereocenters. The SMILES string of the molecule is CCCCCCCOC(=O)C[C@H]1CCCN(C(=O)[C@@H](C)Oc2ccc3c(c2)OC(O)C=C3c2ccc(F)cc2Cl)C1. The Bertz CT molecular complexity index is 1250. The molecule has 7 nitrogen and oxygen atoms in total. The maximum Gasteiger partial charge on any atom is 0.306 e. The van der Waals surface area contributed by atoms with E-state index in [-0.39, 0.29) is 22.8 Å². The third kappa shape index (κ3) is 8.46. The Labute approximate surface area is 246 Å². The maximum absolute atomic E-state index is 13.6. The third-order valence-corrected chi connectivity index (χ3v) is 7.79. The van der Waals surface area contributed by atoms with E-state index in [0.29, 0.717) is 54.3 Å². The molecule has 2 aliphatic heterocycles. The molecular formula is C32H39ClFNO6. The van der Waals surface area contributed by atoms with E-state index in [1.807, 2.05) is 0 Å². The first-order chi connectivity index (χ1) is 19.7. The summed E-state index contributed by atoms with van der Waals surface area (Å²) in [5.41, 5.74) is 1.82. The van der Waals surface area contributed by atoms with Gasteiger partial charge in [-0.25, -0.2) is 4.39 Å². The molecular weight excluding hydrogens is 549 g/mol. The van der Waals surface area contributed by atoms with Gasteiger partial charge in [-0.3, -0.25) is 9.59 Å². The smallest absolute Gasteiger partial charge is 0.306 e. The topological polar surface area (TPSA) is 85.3 Å². The minimum Gasteiger partial charge on any atom is -0.481 e. The zero-order valence-corrected chi connectivity index (χ0v) is 24.5. The van der Waals surface area contributed by atoms with Gasteiger partial charge in [0.25, 0.3) is 5.91 Å². The fourth-order valence-corrected chi connectivity index (χ4v) is 5.63. The summed E-state index contributed by atoms with van der Waals surface area (Å²) in [6, 6.07) is 9.16. The van der Waals surface area contributed by atoms with Crippen molar-refractivity contribution in [1.82, 2.24) is 4.90 Å². The van der Waals surface area contributed by atoms with E-state index in [1.54, 1.807) is 36.1 Å². The summed E-state index contributed by atoms with van der Waals surface area (Å²) in [7, 11) is 0. The van der Waals surface area contributed by atoms with Gasteiger partial charge in [-0.2, -0.15) is 0 Å². The van der Waals surface area contributed by atoms with Crippen LogP contribution in [-0.4, -0.2) is 54.0 Å². The number of fused-ring (bicyclic) bond motifs is 1. The van der Waals surface area contributed by atoms with Crippen molar-refractivity contribution in [3.05, 3.63) is 64.4 Å². The normalized spacial score (nSPS) is 19.0. The number of piperidine rings is 1. The molecule has 2 aromatic carbocycles. The minimum absolute atomic E-state index is 0.0645. The highest BCUT2D eigenvalue weighted by Gasteiger charge is 2.30. The molecule has 0 aliphatic carbocycles. The van der Waals surface area contributed by atoms with Crippen molar-refractivity contribution in [2.24, 2.45) is 5.92 Å². The number of aliphatic hydroxyl groups is 1. The molecule has 0 spiro atoms. The predicted molar refractivity (Wildman–Crippen MR) is 155 cm³/mol. The standard InChI is InChI=1S/C32H39ClFNO6/c1-3-4-5-6-7-15-39-30(36)16-22-9-8-14-35(20-22)32(38)21(2)40-24-11-13-26-27(19-31(37)41-29(26)18-24)25-12-10-23(34)17-28(25)33/h10-13,17-19,21-22,31,37H,3-9,14-16,20H2,1-2H3/t21-,22-,31?/m1/s1. The number of hydrogen-bond acceptors (Lipinski definition) is 6. The number of halogens is 2. The molecule has 222 valence electrons. The van der Waals surface area contributed by atoms with Gasteiger partial charge in [0, 0.05) is 30.3 Å². The van der Waals surface area contributed by atoms with Crippen molar-refractivity contribution in [2.45, 2.75) is 77.6 Å². The molecule has 0 aromatic heterocycles. The Morgan fingerprint density at radius 3 is 2.71 bits per heavy atom. The van der Waals surface area contributed by atoms with Crippen LogP contribution in [0.25, 0.3) is 5.57 Å². The number of carbonyl (C=O) groups is 2. The van der Waals surface area contributed by atoms with Crippen molar-refractivity contribution in [3.63, 3.8) is 0 Å². The summed E-state index contributed by atoms with van der Waals surface area (Å²) in [6.07, 6.45) is 7.02. The van der Waals surface area contributed by atoms with Gasteiger partial charge < -0.3 is 24.2 Å². The summed E-state index contributed by atoms with van der Waals surface area (Å²) in [4.78, 5) is 27.3. The van der Waals surface area contributed by atoms with Gasteiger partial charge in [0.05, 0.1) is 18.1 Å². The molecule has 0 saturated carbocycles. The van der Waals surface area contributed by atoms with E-state index >= 15 is 0 Å². The molecule has 2 heterocycles. The molecule has 1 saturated heterocycles. The number of hydrogen-bond donors (Lipinski definition) is 1. The van der Waals surface area contributed by atoms with E-state index in [9.17, 15) is 19.1 Å². The highest BCUT2D eigenvalue weighted by Crippen LogP contribution is 2.40. The van der Waals surface area contributed by atoms with Crippen LogP contribution in [0.5, 0.6) is 11.5 Å². The van der Waals surface area contributed by atoms with Gasteiger partial charge in [-0.05, 0) is 74.1 Å². The van der Waals surface area contributed by atoms with E-state index < -0.39 is 18.2 Å². The molecule has 1 N–H and O–H groups in total. The summed E-state index contributed by atoms with van der Waals surface area (Å²) in [6.45, 7) is 5.42. The molecule has 0 radical (unpaired) electrons. The highest BCUT2D eigenvalue weighted by molar-refractivity contribution is 6.32. The molecule has 1 amide bonds. The van der Waals surface area contributed by atoms with Gasteiger partial charge in [0.1, 0.15) is 17.3 Å². The quantitative estimate of drug-likeness (QED) is 0.224. The molecule has 4 rings (SSSR count). The molecule has 9 heteroatoms. The van der Waals surface area contributed by atoms with Crippen molar-refractivity contribution in [2.75, 3.05) is 19.7 Å². The number of carbonyl (C=O) groups excluding carboxylic acids is 2. The van der Waals surface area contributed by atoms with Crippen molar-refractivity contribution >= 4 is 29.1 Å². The minimum atomic E-state index is -1.23. The lowest BCUT2D eigenvalue weighted by Crippen LogP contribution is -2.46. The number of ether oxygens (including phenoxy) is 3. The lowest BCUT2D eigenvalue weighted by Gasteiger charge is -2.34. The van der Waals surface area contributed by atoms with Crippen LogP contribution >= 0.6 is 11.6 Å². The Morgan fingerprint density at radius 1 is 1.15 bits per heavy atom. The zero-order valence-electron chi connectivity index (χ0n) is 23.7. The summed E-state index contributed by atoms with van der Waals surface area (Å²) in [5, 5.41) is 10.5. The number of aliphatic hydroxyl groups excluding tert-OH is 1. The largest absolute Gasteiger partial charge is 0.481 e. The first-order valence-electron chi connectivity index (χ1n) is 14.5. The first-order valence-corrected chi connectivity index (χ1v) is 14.9. The molecule has 41 heavy (non-hydrogen) atoms. The van der Waals surface area contributed by atoms with Crippen LogP contribution in [0.4, 0.5) is 4.39 Å². The van der Waals surface area contributed by atoms with Crippen molar-refractivity contribution in [3.8, 4) is 11.5 Å². The van der Waals surface area contributed by atoms with Gasteiger partial charge in [0.15, 0.2) is 6.10 Å². The fraction of sp³-hybridized carbons (Fsp3) is 0.500. The lowest BCUT2D eigenvalue weighted by molar-refractivity contribution is -0.147. The Morgan fingerprint density at radius 2 is 1.93 bits per heavy atom. The number of likely N-dealkylation sites (tertiary alicyclic amines) is 1. The molecule has 1 fully saturated rings. The van der Waals surface area contributed by atoms with Crippen LogP contribution in [0.2, 0.25) is 5.02 Å². The number of esters is 1. The lowest BCUT2D eigenvalue weighted by atomic mass is 9.94. The number of amides is 1.